The number of aryl methyl sites for hydroxylation is 1. The van der Waals surface area contributed by atoms with Crippen molar-refractivity contribution in [1.82, 2.24) is 4.90 Å². The van der Waals surface area contributed by atoms with Crippen LogP contribution in [0.4, 0.5) is 0 Å². The fraction of sp³-hybridized carbons (Fsp3) is 0.529. The maximum Gasteiger partial charge on any atom is 0.305 e. The maximum absolute atomic E-state index is 12.2. The number of hydrogen-bond acceptors (Lipinski definition) is 3. The number of aliphatic carboxylic acids is 1. The Bertz CT molecular complexity index is 539. The molecule has 1 aromatic rings. The number of likely N-dealkylation sites (N-methyl/N-ethyl adjacent to an activating group) is 1. The van der Waals surface area contributed by atoms with Crippen LogP contribution < -0.4 is 4.74 Å². The highest BCUT2D eigenvalue weighted by molar-refractivity contribution is 5.81. The Morgan fingerprint density at radius 2 is 1.91 bits per heavy atom. The van der Waals surface area contributed by atoms with Crippen LogP contribution in [0.2, 0.25) is 0 Å². The SMILES string of the molecule is Cc1ccc(C(C)C)cc1OC(C)C(=O)N(C)CCC(=O)O. The number of rotatable bonds is 7. The molecule has 5 nitrogen and oxygen atoms in total. The molecule has 0 radical (unpaired) electrons. The summed E-state index contributed by atoms with van der Waals surface area (Å²) in [5, 5.41) is 8.67. The van der Waals surface area contributed by atoms with Gasteiger partial charge in [-0.3, -0.25) is 9.59 Å². The fourth-order valence-corrected chi connectivity index (χ4v) is 2.03. The Hall–Kier alpha value is -2.04. The van der Waals surface area contributed by atoms with Crippen molar-refractivity contribution in [3.63, 3.8) is 0 Å². The largest absolute Gasteiger partial charge is 0.481 e. The van der Waals surface area contributed by atoms with Gasteiger partial charge in [0.05, 0.1) is 6.42 Å². The van der Waals surface area contributed by atoms with Gasteiger partial charge in [0.2, 0.25) is 0 Å². The Labute approximate surface area is 131 Å². The molecule has 0 aliphatic rings. The second kappa shape index (κ2) is 7.82. The number of nitrogens with zero attached hydrogens (tertiary/aromatic N) is 1. The number of amides is 1. The number of ether oxygens (including phenoxy) is 1. The van der Waals surface area contributed by atoms with Gasteiger partial charge in [-0.2, -0.15) is 0 Å². The summed E-state index contributed by atoms with van der Waals surface area (Å²) in [7, 11) is 1.59. The molecule has 0 spiro atoms. The number of carbonyl (C=O) groups is 2. The average molecular weight is 307 g/mol. The molecule has 0 saturated carbocycles. The van der Waals surface area contributed by atoms with Crippen molar-refractivity contribution < 1.29 is 19.4 Å². The van der Waals surface area contributed by atoms with Crippen LogP contribution in [0.3, 0.4) is 0 Å². The molecule has 1 aromatic carbocycles. The van der Waals surface area contributed by atoms with Crippen molar-refractivity contribution in [2.45, 2.75) is 46.1 Å². The molecular formula is C17H25NO4. The molecule has 0 fully saturated rings. The minimum Gasteiger partial charge on any atom is -0.481 e. The predicted octanol–water partition coefficient (Wildman–Crippen LogP) is 2.82. The summed E-state index contributed by atoms with van der Waals surface area (Å²) in [5.74, 6) is -0.0739. The first kappa shape index (κ1) is 18.0. The first-order chi connectivity index (χ1) is 10.2. The first-order valence-electron chi connectivity index (χ1n) is 7.46. The Balaban J connectivity index is 2.75. The van der Waals surface area contributed by atoms with E-state index >= 15 is 0 Å². The van der Waals surface area contributed by atoms with Crippen LogP contribution in [0, 0.1) is 6.92 Å². The van der Waals surface area contributed by atoms with Gasteiger partial charge in [-0.25, -0.2) is 0 Å². The van der Waals surface area contributed by atoms with E-state index in [1.54, 1.807) is 14.0 Å². The topological polar surface area (TPSA) is 66.8 Å². The summed E-state index contributed by atoms with van der Waals surface area (Å²) in [4.78, 5) is 24.2. The van der Waals surface area contributed by atoms with Crippen LogP contribution in [0.15, 0.2) is 18.2 Å². The van der Waals surface area contributed by atoms with Crippen LogP contribution in [-0.2, 0) is 9.59 Å². The molecule has 0 aliphatic carbocycles. The Kier molecular flexibility index (Phi) is 6.40. The molecule has 122 valence electrons. The predicted molar refractivity (Wildman–Crippen MR) is 85.2 cm³/mol. The monoisotopic (exact) mass is 307 g/mol. The summed E-state index contributed by atoms with van der Waals surface area (Å²) >= 11 is 0. The van der Waals surface area contributed by atoms with E-state index in [1.165, 1.54) is 4.90 Å². The van der Waals surface area contributed by atoms with E-state index in [0.717, 1.165) is 11.1 Å². The normalized spacial score (nSPS) is 12.1. The third-order valence-electron chi connectivity index (χ3n) is 3.57. The second-order valence-electron chi connectivity index (χ2n) is 5.84. The molecular weight excluding hydrogens is 282 g/mol. The highest BCUT2D eigenvalue weighted by Gasteiger charge is 2.20. The van der Waals surface area contributed by atoms with Crippen LogP contribution >= 0.6 is 0 Å². The number of hydrogen-bond donors (Lipinski definition) is 1. The van der Waals surface area contributed by atoms with E-state index < -0.39 is 12.1 Å². The van der Waals surface area contributed by atoms with Crippen LogP contribution in [0.1, 0.15) is 44.2 Å². The van der Waals surface area contributed by atoms with Gasteiger partial charge in [0, 0.05) is 13.6 Å². The van der Waals surface area contributed by atoms with Gasteiger partial charge in [0.1, 0.15) is 5.75 Å². The molecule has 1 amide bonds. The quantitative estimate of drug-likeness (QED) is 0.841. The first-order valence-corrected chi connectivity index (χ1v) is 7.46. The zero-order valence-corrected chi connectivity index (χ0v) is 13.9. The van der Waals surface area contributed by atoms with Gasteiger partial charge in [-0.15, -0.1) is 0 Å². The summed E-state index contributed by atoms with van der Waals surface area (Å²) < 4.78 is 5.79. The van der Waals surface area contributed by atoms with Gasteiger partial charge in [0.25, 0.3) is 5.91 Å². The highest BCUT2D eigenvalue weighted by Crippen LogP contribution is 2.25. The third kappa shape index (κ3) is 5.06. The number of benzene rings is 1. The second-order valence-corrected chi connectivity index (χ2v) is 5.84. The lowest BCUT2D eigenvalue weighted by molar-refractivity contribution is -0.140. The summed E-state index contributed by atoms with van der Waals surface area (Å²) in [5.41, 5.74) is 2.12. The summed E-state index contributed by atoms with van der Waals surface area (Å²) in [6.45, 7) is 7.99. The van der Waals surface area contributed by atoms with E-state index in [9.17, 15) is 9.59 Å². The Morgan fingerprint density at radius 3 is 2.45 bits per heavy atom. The fourth-order valence-electron chi connectivity index (χ4n) is 2.03. The lowest BCUT2D eigenvalue weighted by Crippen LogP contribution is -2.39. The van der Waals surface area contributed by atoms with Crippen LogP contribution in [0.25, 0.3) is 0 Å². The van der Waals surface area contributed by atoms with E-state index in [2.05, 4.69) is 19.9 Å². The van der Waals surface area contributed by atoms with Gasteiger partial charge >= 0.3 is 5.97 Å². The smallest absolute Gasteiger partial charge is 0.305 e. The van der Waals surface area contributed by atoms with Crippen molar-refractivity contribution in [3.8, 4) is 5.75 Å². The highest BCUT2D eigenvalue weighted by atomic mass is 16.5. The van der Waals surface area contributed by atoms with Gasteiger partial charge in [-0.05, 0) is 37.0 Å². The van der Waals surface area contributed by atoms with Crippen molar-refractivity contribution in [2.75, 3.05) is 13.6 Å². The summed E-state index contributed by atoms with van der Waals surface area (Å²) in [6, 6.07) is 6.00. The van der Waals surface area contributed by atoms with E-state index in [4.69, 9.17) is 9.84 Å². The number of carboxylic acid groups (broad SMARTS) is 1. The van der Waals surface area contributed by atoms with Crippen molar-refractivity contribution in [3.05, 3.63) is 29.3 Å². The lowest BCUT2D eigenvalue weighted by Gasteiger charge is -2.22. The molecule has 0 aromatic heterocycles. The van der Waals surface area contributed by atoms with E-state index in [1.807, 2.05) is 19.1 Å². The number of carbonyl (C=O) groups excluding carboxylic acids is 1. The standard InChI is InChI=1S/C17H25NO4/c1-11(2)14-7-6-12(3)15(10-14)22-13(4)17(21)18(5)9-8-16(19)20/h6-7,10-11,13H,8-9H2,1-5H3,(H,19,20). The molecule has 0 saturated heterocycles. The van der Waals surface area contributed by atoms with Crippen molar-refractivity contribution >= 4 is 11.9 Å². The van der Waals surface area contributed by atoms with Crippen molar-refractivity contribution in [2.24, 2.45) is 0 Å². The molecule has 1 N–H and O–H groups in total. The molecule has 0 aliphatic heterocycles. The van der Waals surface area contributed by atoms with E-state index in [0.29, 0.717) is 11.7 Å². The molecule has 0 heterocycles. The maximum atomic E-state index is 12.2. The van der Waals surface area contributed by atoms with Crippen LogP contribution in [0.5, 0.6) is 5.75 Å². The summed E-state index contributed by atoms with van der Waals surface area (Å²) in [6.07, 6.45) is -0.725. The van der Waals surface area contributed by atoms with Crippen LogP contribution in [-0.4, -0.2) is 41.6 Å². The van der Waals surface area contributed by atoms with Crippen molar-refractivity contribution in [1.29, 1.82) is 0 Å². The molecule has 5 heteroatoms. The average Bonchev–Trinajstić information content (AvgIpc) is 2.45. The van der Waals surface area contributed by atoms with Gasteiger partial charge < -0.3 is 14.7 Å². The lowest BCUT2D eigenvalue weighted by atomic mass is 10.0. The number of carboxylic acids is 1. The molecule has 1 unspecified atom stereocenters. The molecule has 1 atom stereocenters. The van der Waals surface area contributed by atoms with Gasteiger partial charge in [0.15, 0.2) is 6.10 Å². The third-order valence-corrected chi connectivity index (χ3v) is 3.57. The Morgan fingerprint density at radius 1 is 1.27 bits per heavy atom. The molecule has 22 heavy (non-hydrogen) atoms. The zero-order valence-electron chi connectivity index (χ0n) is 13.9. The van der Waals surface area contributed by atoms with Gasteiger partial charge in [-0.1, -0.05) is 26.0 Å². The van der Waals surface area contributed by atoms with E-state index in [-0.39, 0.29) is 18.9 Å². The minimum absolute atomic E-state index is 0.0726. The molecule has 0 bridgehead atoms. The molecule has 1 rings (SSSR count). The minimum atomic E-state index is -0.922. The zero-order chi connectivity index (χ0) is 16.9.